The highest BCUT2D eigenvalue weighted by molar-refractivity contribution is 5.96. The maximum Gasteiger partial charge on any atom is 0.416 e. The van der Waals surface area contributed by atoms with Gasteiger partial charge in [-0.1, -0.05) is 0 Å². The van der Waals surface area contributed by atoms with Gasteiger partial charge in [0.05, 0.1) is 31.0 Å². The molecule has 0 aliphatic rings. The topological polar surface area (TPSA) is 99.5 Å². The molecule has 12 heteroatoms. The molecule has 0 aliphatic heterocycles. The molecule has 0 spiro atoms. The third-order valence-corrected chi connectivity index (χ3v) is 4.51. The number of hydrogen-bond donors (Lipinski definition) is 1. The molecule has 0 radical (unpaired) electrons. The number of ether oxygens (including phenoxy) is 3. The van der Waals surface area contributed by atoms with E-state index in [0.717, 1.165) is 7.11 Å². The van der Waals surface area contributed by atoms with Gasteiger partial charge in [-0.25, -0.2) is 13.6 Å². The fourth-order valence-electron chi connectivity index (χ4n) is 2.94. The smallest absolute Gasteiger partial charge is 0.416 e. The van der Waals surface area contributed by atoms with Crippen molar-refractivity contribution in [3.63, 3.8) is 0 Å². The predicted molar refractivity (Wildman–Crippen MR) is 104 cm³/mol. The van der Waals surface area contributed by atoms with Crippen LogP contribution >= 0.6 is 0 Å². The SMILES string of the molecule is COC(=O)c1c(N)c(C#N)cn1-c1ccc(OC)c(Oc2c(F)cc(C(F)(F)F)cc2F)c1. The Labute approximate surface area is 183 Å². The van der Waals surface area contributed by atoms with E-state index in [2.05, 4.69) is 4.74 Å². The van der Waals surface area contributed by atoms with E-state index in [1.165, 1.54) is 36.1 Å². The van der Waals surface area contributed by atoms with Crippen molar-refractivity contribution in [1.82, 2.24) is 4.57 Å². The Morgan fingerprint density at radius 1 is 1.09 bits per heavy atom. The van der Waals surface area contributed by atoms with Crippen molar-refractivity contribution in [1.29, 1.82) is 5.26 Å². The normalized spacial score (nSPS) is 11.1. The maximum atomic E-state index is 14.3. The second-order valence-electron chi connectivity index (χ2n) is 6.48. The number of nitrogens with zero attached hydrogens (tertiary/aromatic N) is 2. The minimum absolute atomic E-state index is 0.0299. The first-order chi connectivity index (χ1) is 15.5. The highest BCUT2D eigenvalue weighted by Crippen LogP contribution is 2.39. The number of nitriles is 1. The summed E-state index contributed by atoms with van der Waals surface area (Å²) < 4.78 is 83.1. The average molecular weight is 467 g/mol. The van der Waals surface area contributed by atoms with Gasteiger partial charge in [0.1, 0.15) is 6.07 Å². The van der Waals surface area contributed by atoms with Crippen LogP contribution in [0.5, 0.6) is 17.2 Å². The molecule has 3 aromatic rings. The molecule has 172 valence electrons. The summed E-state index contributed by atoms with van der Waals surface area (Å²) in [6.45, 7) is 0. The van der Waals surface area contributed by atoms with Crippen LogP contribution in [0.25, 0.3) is 5.69 Å². The van der Waals surface area contributed by atoms with Crippen LogP contribution < -0.4 is 15.2 Å². The lowest BCUT2D eigenvalue weighted by Gasteiger charge is -2.15. The summed E-state index contributed by atoms with van der Waals surface area (Å²) in [5.74, 6) is -5.49. The number of esters is 1. The van der Waals surface area contributed by atoms with Crippen molar-refractivity contribution < 1.29 is 41.0 Å². The van der Waals surface area contributed by atoms with E-state index in [1.807, 2.05) is 6.07 Å². The molecule has 0 amide bonds. The number of hydrogen-bond acceptors (Lipinski definition) is 6. The average Bonchev–Trinajstić information content (AvgIpc) is 3.11. The highest BCUT2D eigenvalue weighted by atomic mass is 19.4. The Morgan fingerprint density at radius 2 is 1.73 bits per heavy atom. The zero-order chi connectivity index (χ0) is 24.5. The van der Waals surface area contributed by atoms with E-state index in [1.54, 1.807) is 0 Å². The largest absolute Gasteiger partial charge is 0.493 e. The van der Waals surface area contributed by atoms with Crippen molar-refractivity contribution in [2.45, 2.75) is 6.18 Å². The van der Waals surface area contributed by atoms with Crippen LogP contribution in [-0.2, 0) is 10.9 Å². The molecule has 0 bridgehead atoms. The number of alkyl halides is 3. The third-order valence-electron chi connectivity index (χ3n) is 4.51. The Morgan fingerprint density at radius 3 is 2.24 bits per heavy atom. The van der Waals surface area contributed by atoms with Crippen molar-refractivity contribution in [3.8, 4) is 29.0 Å². The monoisotopic (exact) mass is 467 g/mol. The van der Waals surface area contributed by atoms with Crippen LogP contribution in [-0.4, -0.2) is 24.8 Å². The number of carbonyl (C=O) groups excluding carboxylic acids is 1. The summed E-state index contributed by atoms with van der Waals surface area (Å²) in [6.07, 6.45) is -3.73. The standard InChI is InChI=1S/C21H14F5N3O4/c1-31-15-4-3-12(29-9-10(8-27)17(28)18(29)20(30)32-2)7-16(15)33-19-13(22)5-11(6-14(19)23)21(24,25)26/h3-7,9H,28H2,1-2H3. The summed E-state index contributed by atoms with van der Waals surface area (Å²) in [4.78, 5) is 12.2. The molecular formula is C21H14F5N3O4. The molecule has 2 aromatic carbocycles. The number of nitrogens with two attached hydrogens (primary N) is 1. The summed E-state index contributed by atoms with van der Waals surface area (Å²) in [5.41, 5.74) is 4.05. The lowest BCUT2D eigenvalue weighted by atomic mass is 10.2. The van der Waals surface area contributed by atoms with Crippen molar-refractivity contribution >= 4 is 11.7 Å². The van der Waals surface area contributed by atoms with Crippen molar-refractivity contribution in [2.24, 2.45) is 0 Å². The zero-order valence-electron chi connectivity index (χ0n) is 17.0. The lowest BCUT2D eigenvalue weighted by molar-refractivity contribution is -0.138. The first kappa shape index (κ1) is 23.4. The van der Waals surface area contributed by atoms with Crippen LogP contribution in [0.3, 0.4) is 0 Å². The van der Waals surface area contributed by atoms with Gasteiger partial charge in [-0.05, 0) is 24.3 Å². The van der Waals surface area contributed by atoms with Gasteiger partial charge in [-0.3, -0.25) is 0 Å². The van der Waals surface area contributed by atoms with E-state index in [-0.39, 0.29) is 46.3 Å². The number of nitrogen functional groups attached to an aromatic ring is 1. The van der Waals surface area contributed by atoms with Gasteiger partial charge in [0, 0.05) is 18.0 Å². The van der Waals surface area contributed by atoms with Crippen molar-refractivity contribution in [2.75, 3.05) is 20.0 Å². The first-order valence-corrected chi connectivity index (χ1v) is 8.93. The minimum Gasteiger partial charge on any atom is -0.493 e. The van der Waals surface area contributed by atoms with Crippen LogP contribution in [0.1, 0.15) is 21.6 Å². The summed E-state index contributed by atoms with van der Waals surface area (Å²) >= 11 is 0. The van der Waals surface area contributed by atoms with Gasteiger partial charge in [-0.15, -0.1) is 0 Å². The summed E-state index contributed by atoms with van der Waals surface area (Å²) in [6, 6.07) is 5.91. The van der Waals surface area contributed by atoms with Gasteiger partial charge < -0.3 is 24.5 Å². The quantitative estimate of drug-likeness (QED) is 0.427. The van der Waals surface area contributed by atoms with Crippen LogP contribution in [0.4, 0.5) is 27.6 Å². The van der Waals surface area contributed by atoms with E-state index in [9.17, 15) is 32.0 Å². The Bertz CT molecular complexity index is 1260. The van der Waals surface area contributed by atoms with Gasteiger partial charge in [0.25, 0.3) is 0 Å². The number of benzene rings is 2. The molecule has 0 saturated heterocycles. The molecule has 0 unspecified atom stereocenters. The molecule has 0 atom stereocenters. The number of carbonyl (C=O) groups is 1. The molecule has 0 aliphatic carbocycles. The molecule has 3 rings (SSSR count). The molecule has 33 heavy (non-hydrogen) atoms. The van der Waals surface area contributed by atoms with Gasteiger partial charge in [0.2, 0.25) is 0 Å². The van der Waals surface area contributed by atoms with Crippen molar-refractivity contribution in [3.05, 3.63) is 65.0 Å². The Hall–Kier alpha value is -4.27. The molecule has 1 heterocycles. The second kappa shape index (κ2) is 8.70. The van der Waals surface area contributed by atoms with Gasteiger partial charge >= 0.3 is 12.1 Å². The fourth-order valence-corrected chi connectivity index (χ4v) is 2.94. The number of anilines is 1. The molecule has 1 aromatic heterocycles. The minimum atomic E-state index is -4.96. The van der Waals surface area contributed by atoms with Crippen LogP contribution in [0.15, 0.2) is 36.5 Å². The van der Waals surface area contributed by atoms with Gasteiger partial charge in [-0.2, -0.15) is 18.4 Å². The number of aromatic nitrogens is 1. The van der Waals surface area contributed by atoms with E-state index in [0.29, 0.717) is 0 Å². The number of rotatable bonds is 5. The summed E-state index contributed by atoms with van der Waals surface area (Å²) in [5, 5.41) is 9.23. The van der Waals surface area contributed by atoms with Gasteiger partial charge in [0.15, 0.2) is 34.6 Å². The lowest BCUT2D eigenvalue weighted by Crippen LogP contribution is -2.11. The Kier molecular flexibility index (Phi) is 6.17. The van der Waals surface area contributed by atoms with E-state index in [4.69, 9.17) is 15.2 Å². The first-order valence-electron chi connectivity index (χ1n) is 8.93. The van der Waals surface area contributed by atoms with Crippen LogP contribution in [0.2, 0.25) is 0 Å². The maximum absolute atomic E-state index is 14.3. The number of halogens is 5. The zero-order valence-corrected chi connectivity index (χ0v) is 17.0. The predicted octanol–water partition coefficient (Wildman–Crippen LogP) is 4.82. The molecule has 0 saturated carbocycles. The summed E-state index contributed by atoms with van der Waals surface area (Å²) in [7, 11) is 2.33. The number of methoxy groups -OCH3 is 2. The Balaban J connectivity index is 2.13. The fraction of sp³-hybridized carbons (Fsp3) is 0.143. The molecule has 7 nitrogen and oxygen atoms in total. The highest BCUT2D eigenvalue weighted by Gasteiger charge is 2.33. The molecule has 0 fully saturated rings. The second-order valence-corrected chi connectivity index (χ2v) is 6.48. The molecular weight excluding hydrogens is 453 g/mol. The third kappa shape index (κ3) is 4.38. The van der Waals surface area contributed by atoms with Crippen LogP contribution in [0, 0.1) is 23.0 Å². The molecule has 2 N–H and O–H groups in total. The van der Waals surface area contributed by atoms with E-state index < -0.39 is 35.1 Å². The van der Waals surface area contributed by atoms with E-state index >= 15 is 0 Å².